The van der Waals surface area contributed by atoms with Gasteiger partial charge in [0.15, 0.2) is 0 Å². The Labute approximate surface area is 114 Å². The largest absolute Gasteiger partial charge is 0.120 e. The number of hydrogen-bond donors (Lipinski definition) is 0. The van der Waals surface area contributed by atoms with E-state index in [9.17, 15) is 0 Å². The summed E-state index contributed by atoms with van der Waals surface area (Å²) in [6.07, 6.45) is 12.6. The molecule has 0 aliphatic heterocycles. The molecule has 1 aliphatic rings. The first-order chi connectivity index (χ1) is 7.48. The maximum absolute atomic E-state index is 5.34. The third kappa shape index (κ3) is 4.13. The summed E-state index contributed by atoms with van der Waals surface area (Å²) < 4.78 is 1.24. The Morgan fingerprint density at radius 3 is 2.81 bits per heavy atom. The van der Waals surface area contributed by atoms with E-state index in [4.69, 9.17) is 6.42 Å². The lowest BCUT2D eigenvalue weighted by molar-refractivity contribution is 0.320. The molecule has 90 valence electrons. The van der Waals surface area contributed by atoms with Crippen molar-refractivity contribution in [3.05, 3.63) is 11.6 Å². The number of alkyl halides is 1. The van der Waals surface area contributed by atoms with E-state index < -0.39 is 0 Å². The van der Waals surface area contributed by atoms with Crippen molar-refractivity contribution in [2.24, 2.45) is 17.3 Å². The average molecular weight is 330 g/mol. The molecule has 0 bridgehead atoms. The fourth-order valence-electron chi connectivity index (χ4n) is 2.64. The predicted molar refractivity (Wildman–Crippen MR) is 80.7 cm³/mol. The summed E-state index contributed by atoms with van der Waals surface area (Å²) in [4.78, 5) is 0. The van der Waals surface area contributed by atoms with Gasteiger partial charge < -0.3 is 0 Å². The first-order valence-corrected chi connectivity index (χ1v) is 7.69. The van der Waals surface area contributed by atoms with Crippen LogP contribution in [0.2, 0.25) is 0 Å². The fraction of sp³-hybridized carbons (Fsp3) is 0.733. The van der Waals surface area contributed by atoms with Crippen molar-refractivity contribution in [1.29, 1.82) is 0 Å². The Kier molecular flexibility index (Phi) is 5.37. The lowest BCUT2D eigenvalue weighted by atomic mass is 9.83. The van der Waals surface area contributed by atoms with E-state index in [1.807, 2.05) is 0 Å². The second-order valence-corrected chi connectivity index (χ2v) is 6.61. The van der Waals surface area contributed by atoms with Crippen molar-refractivity contribution < 1.29 is 0 Å². The lowest BCUT2D eigenvalue weighted by Crippen LogP contribution is -2.17. The Morgan fingerprint density at radius 2 is 2.25 bits per heavy atom. The minimum absolute atomic E-state index is 0.475. The molecule has 1 heteroatoms. The van der Waals surface area contributed by atoms with Gasteiger partial charge in [-0.3, -0.25) is 0 Å². The standard InChI is InChI=1S/C15H23I/c1-5-6-7-14-9-13(8-12(14)2)10-15(3,4)11-16/h1,8,13-14H,6-7,9-11H2,2-4H3/t13-,14+/m0/s1. The van der Waals surface area contributed by atoms with Gasteiger partial charge in [0.2, 0.25) is 0 Å². The van der Waals surface area contributed by atoms with Crippen LogP contribution in [0.15, 0.2) is 11.6 Å². The Bertz CT molecular complexity index is 293. The first-order valence-electron chi connectivity index (χ1n) is 6.16. The highest BCUT2D eigenvalue weighted by atomic mass is 127. The molecule has 0 aromatic rings. The molecule has 1 rings (SSSR count). The van der Waals surface area contributed by atoms with Crippen LogP contribution >= 0.6 is 22.6 Å². The molecule has 0 fully saturated rings. The highest BCUT2D eigenvalue weighted by Gasteiger charge is 2.28. The molecule has 2 atom stereocenters. The Balaban J connectivity index is 2.48. The molecule has 0 spiro atoms. The van der Waals surface area contributed by atoms with Crippen molar-refractivity contribution in [2.75, 3.05) is 4.43 Å². The van der Waals surface area contributed by atoms with Gasteiger partial charge in [0.05, 0.1) is 0 Å². The molecule has 1 aliphatic carbocycles. The topological polar surface area (TPSA) is 0 Å². The van der Waals surface area contributed by atoms with Crippen LogP contribution in [0, 0.1) is 29.6 Å². The molecule has 0 aromatic heterocycles. The molecule has 0 saturated carbocycles. The van der Waals surface area contributed by atoms with E-state index in [0.29, 0.717) is 5.41 Å². The lowest BCUT2D eigenvalue weighted by Gasteiger charge is -2.25. The van der Waals surface area contributed by atoms with E-state index in [1.165, 1.54) is 23.7 Å². The van der Waals surface area contributed by atoms with Crippen molar-refractivity contribution in [3.8, 4) is 12.3 Å². The molecule has 0 N–H and O–H groups in total. The average Bonchev–Trinajstić information content (AvgIpc) is 2.55. The van der Waals surface area contributed by atoms with Crippen LogP contribution < -0.4 is 0 Å². The molecule has 16 heavy (non-hydrogen) atoms. The van der Waals surface area contributed by atoms with E-state index in [-0.39, 0.29) is 0 Å². The fourth-order valence-corrected chi connectivity index (χ4v) is 2.95. The van der Waals surface area contributed by atoms with Crippen LogP contribution in [0.4, 0.5) is 0 Å². The molecule has 0 amide bonds. The second kappa shape index (κ2) is 6.10. The summed E-state index contributed by atoms with van der Waals surface area (Å²) >= 11 is 2.50. The molecule has 0 radical (unpaired) electrons. The third-order valence-corrected chi connectivity index (χ3v) is 5.61. The molecule has 0 heterocycles. The SMILES string of the molecule is C#CCC[C@@H]1C[C@@H](CC(C)(C)CI)C=C1C. The van der Waals surface area contributed by atoms with Gasteiger partial charge in [0.1, 0.15) is 0 Å². The van der Waals surface area contributed by atoms with Gasteiger partial charge in [0.25, 0.3) is 0 Å². The number of halogens is 1. The Morgan fingerprint density at radius 1 is 1.56 bits per heavy atom. The summed E-state index contributed by atoms with van der Waals surface area (Å²) in [5.74, 6) is 4.30. The highest BCUT2D eigenvalue weighted by Crippen LogP contribution is 2.39. The summed E-state index contributed by atoms with van der Waals surface area (Å²) in [5, 5.41) is 0. The van der Waals surface area contributed by atoms with Gasteiger partial charge in [0, 0.05) is 10.8 Å². The summed E-state index contributed by atoms with van der Waals surface area (Å²) in [5.41, 5.74) is 2.05. The van der Waals surface area contributed by atoms with Crippen LogP contribution in [0.5, 0.6) is 0 Å². The van der Waals surface area contributed by atoms with Gasteiger partial charge in [-0.05, 0) is 43.4 Å². The maximum Gasteiger partial charge on any atom is 0.00917 e. The summed E-state index contributed by atoms with van der Waals surface area (Å²) in [6.45, 7) is 7.02. The number of allylic oxidation sites excluding steroid dienone is 2. The van der Waals surface area contributed by atoms with Crippen molar-refractivity contribution in [1.82, 2.24) is 0 Å². The summed E-state index contributed by atoms with van der Waals surface area (Å²) in [6, 6.07) is 0. The monoisotopic (exact) mass is 330 g/mol. The zero-order valence-electron chi connectivity index (χ0n) is 10.7. The number of rotatable bonds is 5. The molecular weight excluding hydrogens is 307 g/mol. The number of hydrogen-bond acceptors (Lipinski definition) is 0. The van der Waals surface area contributed by atoms with Crippen molar-refractivity contribution in [2.45, 2.75) is 46.5 Å². The van der Waals surface area contributed by atoms with Crippen LogP contribution in [-0.2, 0) is 0 Å². The number of terminal acetylenes is 1. The first kappa shape index (κ1) is 14.1. The van der Waals surface area contributed by atoms with Gasteiger partial charge >= 0.3 is 0 Å². The third-order valence-electron chi connectivity index (χ3n) is 3.54. The normalized spacial score (nSPS) is 25.3. The quantitative estimate of drug-likeness (QED) is 0.293. The van der Waals surface area contributed by atoms with E-state index in [1.54, 1.807) is 5.57 Å². The Hall–Kier alpha value is 0.0300. The van der Waals surface area contributed by atoms with Gasteiger partial charge in [-0.25, -0.2) is 0 Å². The molecule has 0 aromatic carbocycles. The van der Waals surface area contributed by atoms with Gasteiger partial charge in [-0.2, -0.15) is 0 Å². The van der Waals surface area contributed by atoms with Crippen molar-refractivity contribution >= 4 is 22.6 Å². The van der Waals surface area contributed by atoms with Gasteiger partial charge in [-0.15, -0.1) is 12.3 Å². The highest BCUT2D eigenvalue weighted by molar-refractivity contribution is 14.1. The molecular formula is C15H23I. The van der Waals surface area contributed by atoms with Crippen LogP contribution in [-0.4, -0.2) is 4.43 Å². The predicted octanol–water partition coefficient (Wildman–Crippen LogP) is 4.83. The van der Waals surface area contributed by atoms with E-state index in [0.717, 1.165) is 18.3 Å². The van der Waals surface area contributed by atoms with E-state index >= 15 is 0 Å². The zero-order chi connectivity index (χ0) is 12.2. The maximum atomic E-state index is 5.34. The molecule has 0 nitrogen and oxygen atoms in total. The molecule has 0 saturated heterocycles. The van der Waals surface area contributed by atoms with Crippen LogP contribution in [0.25, 0.3) is 0 Å². The van der Waals surface area contributed by atoms with Crippen LogP contribution in [0.3, 0.4) is 0 Å². The van der Waals surface area contributed by atoms with Crippen LogP contribution in [0.1, 0.15) is 46.5 Å². The summed E-state index contributed by atoms with van der Waals surface area (Å²) in [7, 11) is 0. The zero-order valence-corrected chi connectivity index (χ0v) is 12.9. The van der Waals surface area contributed by atoms with Crippen molar-refractivity contribution in [3.63, 3.8) is 0 Å². The smallest absolute Gasteiger partial charge is 0.00917 e. The minimum Gasteiger partial charge on any atom is -0.120 e. The second-order valence-electron chi connectivity index (χ2n) is 5.85. The van der Waals surface area contributed by atoms with Gasteiger partial charge in [-0.1, -0.05) is 48.1 Å². The van der Waals surface area contributed by atoms with E-state index in [2.05, 4.69) is 55.4 Å². The minimum atomic E-state index is 0.475. The molecule has 0 unspecified atom stereocenters.